The van der Waals surface area contributed by atoms with Crippen LogP contribution >= 0.6 is 0 Å². The molecule has 0 unspecified atom stereocenters. The number of hydrogen-bond donors (Lipinski definition) is 0. The number of benzene rings is 1. The van der Waals surface area contributed by atoms with Crippen molar-refractivity contribution in [1.82, 2.24) is 4.98 Å². The van der Waals surface area contributed by atoms with Gasteiger partial charge in [0, 0.05) is 12.4 Å². The molecule has 0 fully saturated rings. The van der Waals surface area contributed by atoms with E-state index in [1.54, 1.807) is 25.6 Å². The topological polar surface area (TPSA) is 45.9 Å². The Morgan fingerprint density at radius 2 is 1.88 bits per heavy atom. The van der Waals surface area contributed by atoms with E-state index in [0.717, 1.165) is 11.1 Å². The molecule has 0 aliphatic carbocycles. The van der Waals surface area contributed by atoms with Crippen LogP contribution in [0.15, 0.2) is 42.7 Å². The molecule has 3 heteroatoms. The van der Waals surface area contributed by atoms with E-state index >= 15 is 0 Å². The maximum absolute atomic E-state index is 8.98. The molecule has 2 aromatic rings. The minimum Gasteiger partial charge on any atom is -0.495 e. The van der Waals surface area contributed by atoms with Crippen LogP contribution in [0.25, 0.3) is 11.1 Å². The van der Waals surface area contributed by atoms with E-state index in [2.05, 4.69) is 11.1 Å². The van der Waals surface area contributed by atoms with E-state index in [1.165, 1.54) is 0 Å². The predicted octanol–water partition coefficient (Wildman–Crippen LogP) is 2.63. The van der Waals surface area contributed by atoms with Gasteiger partial charge in [-0.1, -0.05) is 6.07 Å². The molecule has 0 N–H and O–H groups in total. The molecule has 0 radical (unpaired) electrons. The third-order valence-electron chi connectivity index (χ3n) is 2.33. The van der Waals surface area contributed by atoms with E-state index in [-0.39, 0.29) is 0 Å². The lowest BCUT2D eigenvalue weighted by Gasteiger charge is -2.05. The Bertz CT molecular complexity index is 529. The monoisotopic (exact) mass is 210 g/mol. The highest BCUT2D eigenvalue weighted by Crippen LogP contribution is 2.25. The van der Waals surface area contributed by atoms with Crippen molar-refractivity contribution in [3.63, 3.8) is 0 Å². The Hall–Kier alpha value is -2.34. The largest absolute Gasteiger partial charge is 0.495 e. The summed E-state index contributed by atoms with van der Waals surface area (Å²) in [5.41, 5.74) is 2.56. The average molecular weight is 210 g/mol. The second-order valence-electron chi connectivity index (χ2n) is 3.26. The van der Waals surface area contributed by atoms with E-state index in [4.69, 9.17) is 10.00 Å². The highest BCUT2D eigenvalue weighted by Gasteiger charge is 2.04. The molecule has 0 bridgehead atoms. The van der Waals surface area contributed by atoms with Crippen molar-refractivity contribution in [2.75, 3.05) is 7.11 Å². The fourth-order valence-electron chi connectivity index (χ4n) is 1.52. The minimum atomic E-state index is 0.539. The summed E-state index contributed by atoms with van der Waals surface area (Å²) in [7, 11) is 1.56. The van der Waals surface area contributed by atoms with Crippen LogP contribution in [-0.2, 0) is 0 Å². The van der Waals surface area contributed by atoms with Gasteiger partial charge < -0.3 is 4.74 Å². The Morgan fingerprint density at radius 3 is 2.50 bits per heavy atom. The standard InChI is InChI=1S/C13H10N2O/c1-16-13-3-2-11(8-12(13)9-14)10-4-6-15-7-5-10/h2-8H,1H3. The first-order valence-corrected chi connectivity index (χ1v) is 4.83. The molecule has 0 atom stereocenters. The summed E-state index contributed by atoms with van der Waals surface area (Å²) in [4.78, 5) is 3.96. The van der Waals surface area contributed by atoms with Gasteiger partial charge in [-0.2, -0.15) is 5.26 Å². The molecule has 0 spiro atoms. The van der Waals surface area contributed by atoms with Crippen LogP contribution in [-0.4, -0.2) is 12.1 Å². The Balaban J connectivity index is 2.49. The van der Waals surface area contributed by atoms with Gasteiger partial charge >= 0.3 is 0 Å². The number of pyridine rings is 1. The molecule has 1 aromatic heterocycles. The van der Waals surface area contributed by atoms with E-state index in [1.807, 2.05) is 24.3 Å². The molecule has 0 saturated carbocycles. The van der Waals surface area contributed by atoms with Crippen LogP contribution in [0, 0.1) is 11.3 Å². The lowest BCUT2D eigenvalue weighted by Crippen LogP contribution is -1.88. The van der Waals surface area contributed by atoms with E-state index in [9.17, 15) is 0 Å². The Kier molecular flexibility index (Phi) is 2.84. The summed E-state index contributed by atoms with van der Waals surface area (Å²) in [5, 5.41) is 8.98. The molecule has 0 aliphatic heterocycles. The van der Waals surface area contributed by atoms with Crippen molar-refractivity contribution < 1.29 is 4.74 Å². The third kappa shape index (κ3) is 1.86. The normalized spacial score (nSPS) is 9.50. The molecule has 3 nitrogen and oxygen atoms in total. The van der Waals surface area contributed by atoms with Gasteiger partial charge in [-0.15, -0.1) is 0 Å². The van der Waals surface area contributed by atoms with Crippen LogP contribution in [0.3, 0.4) is 0 Å². The molecule has 78 valence electrons. The molecule has 1 aromatic carbocycles. The molecule has 1 heterocycles. The zero-order chi connectivity index (χ0) is 11.4. The third-order valence-corrected chi connectivity index (χ3v) is 2.33. The summed E-state index contributed by atoms with van der Waals surface area (Å²) in [5.74, 6) is 0.598. The fourth-order valence-corrected chi connectivity index (χ4v) is 1.52. The fraction of sp³-hybridized carbons (Fsp3) is 0.0769. The van der Waals surface area contributed by atoms with Crippen LogP contribution in [0.1, 0.15) is 5.56 Å². The zero-order valence-electron chi connectivity index (χ0n) is 8.84. The number of nitriles is 1. The van der Waals surface area contributed by atoms with Gasteiger partial charge in [-0.25, -0.2) is 0 Å². The molecule has 0 amide bonds. The van der Waals surface area contributed by atoms with Crippen molar-refractivity contribution in [1.29, 1.82) is 5.26 Å². The SMILES string of the molecule is COc1ccc(-c2ccncc2)cc1C#N. The van der Waals surface area contributed by atoms with Crippen molar-refractivity contribution in [2.45, 2.75) is 0 Å². The Labute approximate surface area is 93.9 Å². The van der Waals surface area contributed by atoms with Crippen LogP contribution < -0.4 is 4.74 Å². The summed E-state index contributed by atoms with van der Waals surface area (Å²) in [6.07, 6.45) is 3.46. The average Bonchev–Trinajstić information content (AvgIpc) is 2.39. The maximum atomic E-state index is 8.98. The summed E-state index contributed by atoms with van der Waals surface area (Å²) >= 11 is 0. The number of methoxy groups -OCH3 is 1. The smallest absolute Gasteiger partial charge is 0.136 e. The van der Waals surface area contributed by atoms with Gasteiger partial charge in [0.2, 0.25) is 0 Å². The number of ether oxygens (including phenoxy) is 1. The van der Waals surface area contributed by atoms with Crippen molar-refractivity contribution in [3.05, 3.63) is 48.3 Å². The highest BCUT2D eigenvalue weighted by molar-refractivity contribution is 5.66. The van der Waals surface area contributed by atoms with Crippen molar-refractivity contribution in [2.24, 2.45) is 0 Å². The molecule has 16 heavy (non-hydrogen) atoms. The van der Waals surface area contributed by atoms with E-state index in [0.29, 0.717) is 11.3 Å². The molecule has 0 saturated heterocycles. The van der Waals surface area contributed by atoms with Crippen LogP contribution in [0.4, 0.5) is 0 Å². The summed E-state index contributed by atoms with van der Waals surface area (Å²) < 4.78 is 5.09. The van der Waals surface area contributed by atoms with Gasteiger partial charge in [0.25, 0.3) is 0 Å². The highest BCUT2D eigenvalue weighted by atomic mass is 16.5. The van der Waals surface area contributed by atoms with Crippen molar-refractivity contribution in [3.8, 4) is 22.9 Å². The number of hydrogen-bond acceptors (Lipinski definition) is 3. The van der Waals surface area contributed by atoms with Gasteiger partial charge in [0.15, 0.2) is 0 Å². The number of nitrogens with zero attached hydrogens (tertiary/aromatic N) is 2. The molecule has 0 aliphatic rings. The molecular formula is C13H10N2O. The number of aromatic nitrogens is 1. The molecule has 2 rings (SSSR count). The first-order chi connectivity index (χ1) is 7.85. The first-order valence-electron chi connectivity index (χ1n) is 4.83. The minimum absolute atomic E-state index is 0.539. The summed E-state index contributed by atoms with van der Waals surface area (Å²) in [6.45, 7) is 0. The van der Waals surface area contributed by atoms with Gasteiger partial charge in [0.1, 0.15) is 11.8 Å². The van der Waals surface area contributed by atoms with E-state index < -0.39 is 0 Å². The zero-order valence-corrected chi connectivity index (χ0v) is 8.84. The second kappa shape index (κ2) is 4.45. The maximum Gasteiger partial charge on any atom is 0.136 e. The van der Waals surface area contributed by atoms with Gasteiger partial charge in [-0.05, 0) is 35.4 Å². The van der Waals surface area contributed by atoms with Crippen molar-refractivity contribution >= 4 is 0 Å². The second-order valence-corrected chi connectivity index (χ2v) is 3.26. The quantitative estimate of drug-likeness (QED) is 0.765. The first kappa shape index (κ1) is 10.2. The predicted molar refractivity (Wildman–Crippen MR) is 60.9 cm³/mol. The van der Waals surface area contributed by atoms with Crippen LogP contribution in [0.5, 0.6) is 5.75 Å². The lowest BCUT2D eigenvalue weighted by molar-refractivity contribution is 0.413. The lowest BCUT2D eigenvalue weighted by atomic mass is 10.0. The number of rotatable bonds is 2. The van der Waals surface area contributed by atoms with Gasteiger partial charge in [0.05, 0.1) is 12.7 Å². The van der Waals surface area contributed by atoms with Gasteiger partial charge in [-0.3, -0.25) is 4.98 Å². The molecular weight excluding hydrogens is 200 g/mol. The van der Waals surface area contributed by atoms with Crippen LogP contribution in [0.2, 0.25) is 0 Å². The Morgan fingerprint density at radius 1 is 1.12 bits per heavy atom. The summed E-state index contributed by atoms with van der Waals surface area (Å²) in [6, 6.07) is 11.5.